The number of nitrogens with one attached hydrogen (secondary N) is 2. The Bertz CT molecular complexity index is 785. The molecule has 0 aliphatic carbocycles. The number of hydrogen-bond acceptors (Lipinski definition) is 4. The van der Waals surface area contributed by atoms with Gasteiger partial charge < -0.3 is 20.1 Å². The van der Waals surface area contributed by atoms with Crippen LogP contribution < -0.4 is 15.4 Å². The second kappa shape index (κ2) is 11.0. The van der Waals surface area contributed by atoms with Crippen molar-refractivity contribution in [3.63, 3.8) is 0 Å². The van der Waals surface area contributed by atoms with E-state index < -0.39 is 24.7 Å². The zero-order valence-corrected chi connectivity index (χ0v) is 16.2. The molecule has 8 heteroatoms. The van der Waals surface area contributed by atoms with Gasteiger partial charge in [0.05, 0.1) is 0 Å². The monoisotopic (exact) mass is 406 g/mol. The summed E-state index contributed by atoms with van der Waals surface area (Å²) < 4.78 is 33.9. The Labute approximate surface area is 168 Å². The summed E-state index contributed by atoms with van der Waals surface area (Å²) in [6.07, 6.45) is -0.0481. The fourth-order valence-electron chi connectivity index (χ4n) is 2.53. The van der Waals surface area contributed by atoms with Gasteiger partial charge in [0.1, 0.15) is 18.4 Å². The Morgan fingerprint density at radius 1 is 1.03 bits per heavy atom. The van der Waals surface area contributed by atoms with Gasteiger partial charge in [-0.1, -0.05) is 50.6 Å². The summed E-state index contributed by atoms with van der Waals surface area (Å²) in [5, 5.41) is 5.26. The SMILES string of the molecule is CCC(C)C(NC(=O)OCc1ccccc1)C(=O)Nc1ccc(OC(F)F)cc1. The summed E-state index contributed by atoms with van der Waals surface area (Å²) in [4.78, 5) is 24.8. The van der Waals surface area contributed by atoms with Crippen molar-refractivity contribution in [2.45, 2.75) is 39.5 Å². The first kappa shape index (κ1) is 22.1. The second-order valence-corrected chi connectivity index (χ2v) is 6.46. The number of anilines is 1. The lowest BCUT2D eigenvalue weighted by Gasteiger charge is -2.23. The highest BCUT2D eigenvalue weighted by molar-refractivity contribution is 5.96. The number of alkyl halides is 2. The highest BCUT2D eigenvalue weighted by Crippen LogP contribution is 2.19. The van der Waals surface area contributed by atoms with E-state index in [0.717, 1.165) is 5.56 Å². The Kier molecular flexibility index (Phi) is 8.39. The Hall–Kier alpha value is -3.16. The molecule has 0 aromatic heterocycles. The van der Waals surface area contributed by atoms with Crippen molar-refractivity contribution in [2.75, 3.05) is 5.32 Å². The van der Waals surface area contributed by atoms with E-state index in [0.29, 0.717) is 12.1 Å². The van der Waals surface area contributed by atoms with Crippen LogP contribution in [0.2, 0.25) is 0 Å². The molecule has 0 aliphatic rings. The van der Waals surface area contributed by atoms with Crippen LogP contribution in [0.4, 0.5) is 19.3 Å². The maximum atomic E-state index is 12.7. The summed E-state index contributed by atoms with van der Waals surface area (Å²) in [7, 11) is 0. The normalized spacial score (nSPS) is 12.7. The van der Waals surface area contributed by atoms with E-state index in [9.17, 15) is 18.4 Å². The third kappa shape index (κ3) is 7.40. The zero-order valence-electron chi connectivity index (χ0n) is 16.2. The zero-order chi connectivity index (χ0) is 21.2. The smallest absolute Gasteiger partial charge is 0.408 e. The van der Waals surface area contributed by atoms with Crippen LogP contribution in [0.5, 0.6) is 5.75 Å². The van der Waals surface area contributed by atoms with Gasteiger partial charge in [-0.05, 0) is 35.7 Å². The molecule has 0 aliphatic heterocycles. The number of hydrogen-bond donors (Lipinski definition) is 2. The molecule has 0 spiro atoms. The molecule has 0 saturated heterocycles. The fourth-order valence-corrected chi connectivity index (χ4v) is 2.53. The lowest BCUT2D eigenvalue weighted by molar-refractivity contribution is -0.119. The minimum atomic E-state index is -2.92. The van der Waals surface area contributed by atoms with E-state index in [2.05, 4.69) is 15.4 Å². The largest absolute Gasteiger partial charge is 0.445 e. The van der Waals surface area contributed by atoms with Crippen LogP contribution in [0.15, 0.2) is 54.6 Å². The molecule has 0 bridgehead atoms. The molecular formula is C21H24F2N2O4. The van der Waals surface area contributed by atoms with Crippen LogP contribution in [0, 0.1) is 5.92 Å². The molecule has 0 saturated carbocycles. The minimum absolute atomic E-state index is 0.0147. The van der Waals surface area contributed by atoms with Crippen LogP contribution in [-0.4, -0.2) is 24.7 Å². The average molecular weight is 406 g/mol. The van der Waals surface area contributed by atoms with Gasteiger partial charge in [0.2, 0.25) is 5.91 Å². The molecule has 2 N–H and O–H groups in total. The molecule has 2 aromatic rings. The summed E-state index contributed by atoms with van der Waals surface area (Å²) >= 11 is 0. The van der Waals surface area contributed by atoms with E-state index in [1.54, 1.807) is 0 Å². The highest BCUT2D eigenvalue weighted by Gasteiger charge is 2.26. The Balaban J connectivity index is 1.95. The predicted molar refractivity (Wildman–Crippen MR) is 105 cm³/mol. The number of halogens is 2. The molecule has 6 nitrogen and oxygen atoms in total. The summed E-state index contributed by atoms with van der Waals surface area (Å²) in [5.41, 5.74) is 1.22. The van der Waals surface area contributed by atoms with Crippen LogP contribution in [0.3, 0.4) is 0 Å². The minimum Gasteiger partial charge on any atom is -0.445 e. The average Bonchev–Trinajstić information content (AvgIpc) is 2.71. The van der Waals surface area contributed by atoms with Crippen molar-refractivity contribution in [1.29, 1.82) is 0 Å². The molecule has 0 radical (unpaired) electrons. The number of ether oxygens (including phenoxy) is 2. The highest BCUT2D eigenvalue weighted by atomic mass is 19.3. The molecule has 29 heavy (non-hydrogen) atoms. The number of benzene rings is 2. The quantitative estimate of drug-likeness (QED) is 0.640. The van der Waals surface area contributed by atoms with Crippen LogP contribution in [-0.2, 0) is 16.1 Å². The molecule has 2 atom stereocenters. The maximum Gasteiger partial charge on any atom is 0.408 e. The van der Waals surface area contributed by atoms with Gasteiger partial charge in [-0.15, -0.1) is 0 Å². The van der Waals surface area contributed by atoms with Crippen molar-refractivity contribution in [3.8, 4) is 5.75 Å². The van der Waals surface area contributed by atoms with Crippen LogP contribution >= 0.6 is 0 Å². The Morgan fingerprint density at radius 3 is 2.28 bits per heavy atom. The number of carbonyl (C=O) groups excluding carboxylic acids is 2. The lowest BCUT2D eigenvalue weighted by Crippen LogP contribution is -2.47. The van der Waals surface area contributed by atoms with E-state index in [-0.39, 0.29) is 18.3 Å². The third-order valence-electron chi connectivity index (χ3n) is 4.33. The van der Waals surface area contributed by atoms with Crippen molar-refractivity contribution < 1.29 is 27.8 Å². The van der Waals surface area contributed by atoms with Crippen molar-refractivity contribution in [2.24, 2.45) is 5.92 Å². The van der Waals surface area contributed by atoms with E-state index in [1.807, 2.05) is 44.2 Å². The van der Waals surface area contributed by atoms with Gasteiger partial charge in [-0.25, -0.2) is 4.79 Å². The standard InChI is InChI=1S/C21H24F2N2O4/c1-3-14(2)18(25-21(27)28-13-15-7-5-4-6-8-15)19(26)24-16-9-11-17(12-10-16)29-20(22)23/h4-12,14,18,20H,3,13H2,1-2H3,(H,24,26)(H,25,27). The summed E-state index contributed by atoms with van der Waals surface area (Å²) in [6.45, 7) is 0.906. The lowest BCUT2D eigenvalue weighted by atomic mass is 9.98. The van der Waals surface area contributed by atoms with Gasteiger partial charge in [0, 0.05) is 5.69 Å². The van der Waals surface area contributed by atoms with E-state index in [4.69, 9.17) is 4.74 Å². The van der Waals surface area contributed by atoms with Gasteiger partial charge in [0.15, 0.2) is 0 Å². The number of amides is 2. The molecule has 0 heterocycles. The predicted octanol–water partition coefficient (Wildman–Crippen LogP) is 4.57. The van der Waals surface area contributed by atoms with Crippen molar-refractivity contribution >= 4 is 17.7 Å². The first-order valence-electron chi connectivity index (χ1n) is 9.22. The Morgan fingerprint density at radius 2 is 1.69 bits per heavy atom. The van der Waals surface area contributed by atoms with Crippen LogP contribution in [0.1, 0.15) is 25.8 Å². The van der Waals surface area contributed by atoms with E-state index >= 15 is 0 Å². The number of rotatable bonds is 9. The molecule has 156 valence electrons. The first-order chi connectivity index (χ1) is 13.9. The summed E-state index contributed by atoms with van der Waals surface area (Å²) in [6, 6.07) is 13.9. The van der Waals surface area contributed by atoms with E-state index in [1.165, 1.54) is 24.3 Å². The number of alkyl carbamates (subject to hydrolysis) is 1. The van der Waals surface area contributed by atoms with Gasteiger partial charge in [-0.2, -0.15) is 8.78 Å². The van der Waals surface area contributed by atoms with Crippen molar-refractivity contribution in [3.05, 3.63) is 60.2 Å². The topological polar surface area (TPSA) is 76.7 Å². The molecular weight excluding hydrogens is 382 g/mol. The summed E-state index contributed by atoms with van der Waals surface area (Å²) in [5.74, 6) is -0.599. The fraction of sp³-hybridized carbons (Fsp3) is 0.333. The van der Waals surface area contributed by atoms with Crippen molar-refractivity contribution in [1.82, 2.24) is 5.32 Å². The van der Waals surface area contributed by atoms with Gasteiger partial charge in [0.25, 0.3) is 0 Å². The second-order valence-electron chi connectivity index (χ2n) is 6.46. The first-order valence-corrected chi connectivity index (χ1v) is 9.22. The molecule has 2 unspecified atom stereocenters. The maximum absolute atomic E-state index is 12.7. The molecule has 2 rings (SSSR count). The van der Waals surface area contributed by atoms with Gasteiger partial charge in [-0.3, -0.25) is 4.79 Å². The number of carbonyl (C=O) groups is 2. The molecule has 0 fully saturated rings. The molecule has 2 aromatic carbocycles. The van der Waals surface area contributed by atoms with Gasteiger partial charge >= 0.3 is 12.7 Å². The third-order valence-corrected chi connectivity index (χ3v) is 4.33. The molecule has 2 amide bonds. The van der Waals surface area contributed by atoms with Crippen LogP contribution in [0.25, 0.3) is 0 Å².